The fourth-order valence-corrected chi connectivity index (χ4v) is 5.19. The van der Waals surface area contributed by atoms with E-state index < -0.39 is 22.9 Å². The number of esters is 1. The molecule has 234 valence electrons. The average Bonchev–Trinajstić information content (AvgIpc) is 2.99. The molecule has 0 spiro atoms. The van der Waals surface area contributed by atoms with Gasteiger partial charge in [-0.05, 0) is 76.4 Å². The van der Waals surface area contributed by atoms with E-state index in [1.807, 2.05) is 24.3 Å². The molecule has 4 N–H and O–H groups in total. The highest BCUT2D eigenvalue weighted by Crippen LogP contribution is 2.25. The van der Waals surface area contributed by atoms with Crippen molar-refractivity contribution in [3.05, 3.63) is 55.9 Å². The van der Waals surface area contributed by atoms with Crippen LogP contribution in [-0.2, 0) is 14.3 Å². The lowest BCUT2D eigenvalue weighted by Gasteiger charge is -2.23. The molecule has 3 aromatic rings. The number of unbranched alkanes of at least 4 members (excludes halogenated alkanes) is 1. The number of carbonyl (C=O) groups is 2. The molecule has 0 aliphatic heterocycles. The molecule has 3 rings (SSSR count). The SMILES string of the molecule is CCN(CCCC(C)Nc1ccnc2cc(Cl)ccc12)CCNc1c(NCCCC[C@H](NC(C)=O)C(=O)OC)c(=O)c1=O. The van der Waals surface area contributed by atoms with E-state index in [-0.39, 0.29) is 11.9 Å². The number of ether oxygens (including phenoxy) is 1. The van der Waals surface area contributed by atoms with Gasteiger partial charge in [-0.25, -0.2) is 4.79 Å². The highest BCUT2D eigenvalue weighted by Gasteiger charge is 2.21. The first-order valence-corrected chi connectivity index (χ1v) is 15.2. The van der Waals surface area contributed by atoms with Crippen LogP contribution < -0.4 is 32.1 Å². The van der Waals surface area contributed by atoms with Gasteiger partial charge in [0.15, 0.2) is 0 Å². The normalized spacial score (nSPS) is 12.7. The van der Waals surface area contributed by atoms with Gasteiger partial charge in [0.05, 0.1) is 12.6 Å². The van der Waals surface area contributed by atoms with E-state index in [1.165, 1.54) is 14.0 Å². The molecule has 11 nitrogen and oxygen atoms in total. The number of anilines is 3. The summed E-state index contributed by atoms with van der Waals surface area (Å²) in [4.78, 5) is 54.1. The Kier molecular flexibility index (Phi) is 13.2. The average molecular weight is 615 g/mol. The molecule has 2 atom stereocenters. The molecule has 0 aliphatic carbocycles. The van der Waals surface area contributed by atoms with Crippen LogP contribution >= 0.6 is 11.6 Å². The van der Waals surface area contributed by atoms with Crippen LogP contribution in [0.5, 0.6) is 0 Å². The number of halogens is 1. The second kappa shape index (κ2) is 16.8. The number of hydrogen-bond acceptors (Lipinski definition) is 10. The predicted octanol–water partition coefficient (Wildman–Crippen LogP) is 3.76. The van der Waals surface area contributed by atoms with Crippen molar-refractivity contribution in [2.24, 2.45) is 0 Å². The molecular weight excluding hydrogens is 572 g/mol. The maximum absolute atomic E-state index is 12.2. The van der Waals surface area contributed by atoms with E-state index in [0.717, 1.165) is 49.1 Å². The van der Waals surface area contributed by atoms with Crippen molar-refractivity contribution in [3.63, 3.8) is 0 Å². The summed E-state index contributed by atoms with van der Waals surface area (Å²) < 4.78 is 4.73. The highest BCUT2D eigenvalue weighted by atomic mass is 35.5. The molecule has 43 heavy (non-hydrogen) atoms. The van der Waals surface area contributed by atoms with Gasteiger partial charge in [0.25, 0.3) is 10.9 Å². The Bertz CT molecular complexity index is 1440. The van der Waals surface area contributed by atoms with E-state index >= 15 is 0 Å². The van der Waals surface area contributed by atoms with Crippen molar-refractivity contribution in [3.8, 4) is 0 Å². The molecule has 1 amide bonds. The van der Waals surface area contributed by atoms with Crippen LogP contribution in [0.3, 0.4) is 0 Å². The van der Waals surface area contributed by atoms with Crippen LogP contribution in [0.15, 0.2) is 40.1 Å². The monoisotopic (exact) mass is 614 g/mol. The van der Waals surface area contributed by atoms with Crippen molar-refractivity contribution in [2.75, 3.05) is 55.8 Å². The number of aromatic nitrogens is 1. The van der Waals surface area contributed by atoms with Crippen LogP contribution in [0.2, 0.25) is 5.02 Å². The summed E-state index contributed by atoms with van der Waals surface area (Å²) in [7, 11) is 1.28. The zero-order valence-corrected chi connectivity index (χ0v) is 26.2. The summed E-state index contributed by atoms with van der Waals surface area (Å²) in [6, 6.07) is 7.28. The third kappa shape index (κ3) is 9.93. The molecule has 12 heteroatoms. The summed E-state index contributed by atoms with van der Waals surface area (Å²) >= 11 is 6.11. The summed E-state index contributed by atoms with van der Waals surface area (Å²) in [5, 5.41) is 14.1. The quantitative estimate of drug-likeness (QED) is 0.0896. The van der Waals surface area contributed by atoms with Crippen LogP contribution in [0, 0.1) is 0 Å². The topological polar surface area (TPSA) is 142 Å². The van der Waals surface area contributed by atoms with Gasteiger partial charge >= 0.3 is 5.97 Å². The zero-order chi connectivity index (χ0) is 31.4. The fraction of sp³-hybridized carbons (Fsp3) is 0.516. The van der Waals surface area contributed by atoms with Gasteiger partial charge in [-0.15, -0.1) is 0 Å². The van der Waals surface area contributed by atoms with Crippen molar-refractivity contribution in [1.29, 1.82) is 0 Å². The number of hydrogen-bond donors (Lipinski definition) is 4. The molecule has 1 aromatic heterocycles. The molecule has 0 radical (unpaired) electrons. The number of nitrogens with one attached hydrogen (secondary N) is 4. The highest BCUT2D eigenvalue weighted by molar-refractivity contribution is 6.31. The number of benzene rings is 1. The van der Waals surface area contributed by atoms with E-state index in [9.17, 15) is 19.2 Å². The zero-order valence-electron chi connectivity index (χ0n) is 25.4. The van der Waals surface area contributed by atoms with Crippen LogP contribution in [0.1, 0.15) is 52.9 Å². The minimum Gasteiger partial charge on any atom is -0.467 e. The number of carbonyl (C=O) groups excluding carboxylic acids is 2. The fourth-order valence-electron chi connectivity index (χ4n) is 5.03. The van der Waals surface area contributed by atoms with E-state index in [1.54, 1.807) is 6.20 Å². The van der Waals surface area contributed by atoms with E-state index in [4.69, 9.17) is 16.3 Å². The van der Waals surface area contributed by atoms with E-state index in [2.05, 4.69) is 45.0 Å². The van der Waals surface area contributed by atoms with Gasteiger partial charge in [-0.1, -0.05) is 18.5 Å². The number of nitrogens with zero attached hydrogens (tertiary/aromatic N) is 2. The molecule has 0 aliphatic rings. The van der Waals surface area contributed by atoms with Crippen molar-refractivity contribution in [2.45, 2.75) is 65.0 Å². The molecule has 0 saturated carbocycles. The lowest BCUT2D eigenvalue weighted by atomic mass is 10.1. The van der Waals surface area contributed by atoms with Gasteiger partial charge in [0, 0.05) is 54.9 Å². The Morgan fingerprint density at radius 1 is 1.00 bits per heavy atom. The third-order valence-corrected chi connectivity index (χ3v) is 7.63. The first-order valence-electron chi connectivity index (χ1n) is 14.8. The first kappa shape index (κ1) is 33.8. The second-order valence-corrected chi connectivity index (χ2v) is 11.1. The second-order valence-electron chi connectivity index (χ2n) is 10.7. The minimum absolute atomic E-state index is 0.271. The lowest BCUT2D eigenvalue weighted by molar-refractivity contribution is -0.145. The molecule has 1 unspecified atom stereocenters. The molecule has 0 fully saturated rings. The Morgan fingerprint density at radius 2 is 1.72 bits per heavy atom. The van der Waals surface area contributed by atoms with E-state index in [0.29, 0.717) is 48.7 Å². The van der Waals surface area contributed by atoms with Gasteiger partial charge in [0.1, 0.15) is 17.4 Å². The molecule has 0 bridgehead atoms. The van der Waals surface area contributed by atoms with Crippen LogP contribution in [0.4, 0.5) is 17.1 Å². The maximum Gasteiger partial charge on any atom is 0.328 e. The smallest absolute Gasteiger partial charge is 0.328 e. The third-order valence-electron chi connectivity index (χ3n) is 7.39. The maximum atomic E-state index is 12.2. The molecule has 1 heterocycles. The number of pyridine rings is 1. The Morgan fingerprint density at radius 3 is 2.40 bits per heavy atom. The van der Waals surface area contributed by atoms with Gasteiger partial charge in [-0.2, -0.15) is 0 Å². The summed E-state index contributed by atoms with van der Waals surface area (Å²) in [5.74, 6) is -0.795. The largest absolute Gasteiger partial charge is 0.467 e. The predicted molar refractivity (Wildman–Crippen MR) is 173 cm³/mol. The van der Waals surface area contributed by atoms with Gasteiger partial charge in [-0.3, -0.25) is 19.4 Å². The van der Waals surface area contributed by atoms with Gasteiger partial charge in [0.2, 0.25) is 5.91 Å². The minimum atomic E-state index is -0.700. The van der Waals surface area contributed by atoms with Gasteiger partial charge < -0.3 is 30.9 Å². The number of rotatable bonds is 19. The first-order chi connectivity index (χ1) is 20.6. The Labute approximate surface area is 257 Å². The van der Waals surface area contributed by atoms with Crippen molar-refractivity contribution in [1.82, 2.24) is 15.2 Å². The lowest BCUT2D eigenvalue weighted by Crippen LogP contribution is -2.40. The summed E-state index contributed by atoms with van der Waals surface area (Å²) in [6.07, 6.45) is 5.46. The van der Waals surface area contributed by atoms with Crippen LogP contribution in [0.25, 0.3) is 10.9 Å². The van der Waals surface area contributed by atoms with Crippen LogP contribution in [-0.4, -0.2) is 73.7 Å². The summed E-state index contributed by atoms with van der Waals surface area (Å²) in [6.45, 7) is 9.16. The molecule has 2 aromatic carbocycles. The standard InChI is InChI=1S/C31H43ClN6O5/c1-5-38(17-8-9-20(2)36-24-13-15-33-26-19-22(32)11-12-23(24)26)18-16-35-28-27(29(40)30(28)41)34-14-7-6-10-25(31(42)43-4)37-21(3)39/h11-13,15,19-20,25,34-35H,5-10,14,16-18H2,1-4H3,(H,33,36)(H,37,39)/t20?,25-/m0/s1. The Balaban J connectivity index is 1.37. The number of methoxy groups -OCH3 is 1. The van der Waals surface area contributed by atoms with Crippen molar-refractivity contribution < 1.29 is 14.3 Å². The molecular formula is C31H43ClN6O5. The number of amides is 1. The summed E-state index contributed by atoms with van der Waals surface area (Å²) in [5.41, 5.74) is 1.51. The number of likely N-dealkylation sites (N-methyl/N-ethyl adjacent to an activating group) is 1. The van der Waals surface area contributed by atoms with Crippen molar-refractivity contribution >= 4 is 51.4 Å². The molecule has 0 saturated heterocycles. The Hall–Kier alpha value is -3.70. The number of fused-ring (bicyclic) bond motifs is 1.